The van der Waals surface area contributed by atoms with E-state index in [9.17, 15) is 0 Å². The highest BCUT2D eigenvalue weighted by Crippen LogP contribution is 2.27. The van der Waals surface area contributed by atoms with Crippen molar-refractivity contribution in [2.45, 2.75) is 33.6 Å². The molecule has 1 nitrogen and oxygen atoms in total. The molecule has 1 aliphatic heterocycles. The number of allylic oxidation sites excluding steroid dienone is 1. The standard InChI is InChI=1S/C13H25N/c1-10(2)12(4)7-13-6-11(3)8-14(5)9-13/h10-11,13H,4,6-9H2,1-3,5H3. The van der Waals surface area contributed by atoms with Crippen molar-refractivity contribution in [2.75, 3.05) is 20.1 Å². The number of piperidine rings is 1. The van der Waals surface area contributed by atoms with Gasteiger partial charge in [-0.3, -0.25) is 0 Å². The molecule has 0 aliphatic carbocycles. The van der Waals surface area contributed by atoms with Crippen LogP contribution in [-0.4, -0.2) is 25.0 Å². The summed E-state index contributed by atoms with van der Waals surface area (Å²) in [7, 11) is 2.24. The van der Waals surface area contributed by atoms with Crippen LogP contribution in [0.1, 0.15) is 33.6 Å². The first kappa shape index (κ1) is 11.8. The van der Waals surface area contributed by atoms with E-state index < -0.39 is 0 Å². The summed E-state index contributed by atoms with van der Waals surface area (Å²) < 4.78 is 0. The lowest BCUT2D eigenvalue weighted by molar-refractivity contribution is 0.159. The Morgan fingerprint density at radius 1 is 1.43 bits per heavy atom. The molecule has 82 valence electrons. The van der Waals surface area contributed by atoms with Gasteiger partial charge in [-0.2, -0.15) is 0 Å². The van der Waals surface area contributed by atoms with Crippen molar-refractivity contribution in [3.05, 3.63) is 12.2 Å². The van der Waals surface area contributed by atoms with Gasteiger partial charge in [0.05, 0.1) is 0 Å². The number of hydrogen-bond acceptors (Lipinski definition) is 1. The summed E-state index contributed by atoms with van der Waals surface area (Å²) >= 11 is 0. The molecule has 14 heavy (non-hydrogen) atoms. The summed E-state index contributed by atoms with van der Waals surface area (Å²) in [6.45, 7) is 13.6. The van der Waals surface area contributed by atoms with E-state index in [1.54, 1.807) is 0 Å². The molecular formula is C13H25N. The van der Waals surface area contributed by atoms with Crippen molar-refractivity contribution >= 4 is 0 Å². The molecule has 0 saturated carbocycles. The Kier molecular flexibility index (Phi) is 4.18. The molecule has 0 aromatic carbocycles. The van der Waals surface area contributed by atoms with E-state index in [4.69, 9.17) is 0 Å². The lowest BCUT2D eigenvalue weighted by Crippen LogP contribution is -2.37. The zero-order valence-corrected chi connectivity index (χ0v) is 10.2. The topological polar surface area (TPSA) is 3.24 Å². The van der Waals surface area contributed by atoms with Gasteiger partial charge in [-0.15, -0.1) is 0 Å². The highest BCUT2D eigenvalue weighted by molar-refractivity contribution is 5.00. The third-order valence-corrected chi connectivity index (χ3v) is 3.30. The van der Waals surface area contributed by atoms with Crippen molar-refractivity contribution in [1.82, 2.24) is 4.90 Å². The molecule has 0 aromatic heterocycles. The van der Waals surface area contributed by atoms with Gasteiger partial charge >= 0.3 is 0 Å². The lowest BCUT2D eigenvalue weighted by atomic mass is 9.84. The minimum Gasteiger partial charge on any atom is -0.306 e. The minimum absolute atomic E-state index is 0.650. The highest BCUT2D eigenvalue weighted by atomic mass is 15.1. The smallest absolute Gasteiger partial charge is 0.000989 e. The molecule has 1 heteroatoms. The molecule has 0 radical (unpaired) electrons. The predicted molar refractivity (Wildman–Crippen MR) is 63.4 cm³/mol. The van der Waals surface area contributed by atoms with Crippen LogP contribution in [0.15, 0.2) is 12.2 Å². The van der Waals surface area contributed by atoms with Crippen LogP contribution < -0.4 is 0 Å². The summed E-state index contributed by atoms with van der Waals surface area (Å²) in [5, 5.41) is 0. The van der Waals surface area contributed by atoms with Gasteiger partial charge in [0.15, 0.2) is 0 Å². The van der Waals surface area contributed by atoms with Gasteiger partial charge in [0.25, 0.3) is 0 Å². The molecule has 2 unspecified atom stereocenters. The Balaban J connectivity index is 2.40. The summed E-state index contributed by atoms with van der Waals surface area (Å²) in [6, 6.07) is 0. The van der Waals surface area contributed by atoms with Crippen LogP contribution in [0.2, 0.25) is 0 Å². The van der Waals surface area contributed by atoms with Crippen LogP contribution in [0, 0.1) is 17.8 Å². The van der Waals surface area contributed by atoms with Crippen LogP contribution >= 0.6 is 0 Å². The summed E-state index contributed by atoms with van der Waals surface area (Å²) in [5.74, 6) is 2.36. The fourth-order valence-corrected chi connectivity index (χ4v) is 2.52. The molecule has 0 spiro atoms. The van der Waals surface area contributed by atoms with Gasteiger partial charge in [0.1, 0.15) is 0 Å². The zero-order chi connectivity index (χ0) is 10.7. The zero-order valence-electron chi connectivity index (χ0n) is 10.2. The Morgan fingerprint density at radius 2 is 2.07 bits per heavy atom. The first-order valence-corrected chi connectivity index (χ1v) is 5.85. The average Bonchev–Trinajstić information content (AvgIpc) is 2.01. The maximum atomic E-state index is 4.18. The van der Waals surface area contributed by atoms with Gasteiger partial charge in [-0.25, -0.2) is 0 Å². The number of rotatable bonds is 3. The fourth-order valence-electron chi connectivity index (χ4n) is 2.52. The van der Waals surface area contributed by atoms with Crippen LogP contribution in [0.4, 0.5) is 0 Å². The van der Waals surface area contributed by atoms with E-state index in [1.165, 1.54) is 31.5 Å². The van der Waals surface area contributed by atoms with Gasteiger partial charge in [0, 0.05) is 13.1 Å². The number of hydrogen-bond donors (Lipinski definition) is 0. The maximum Gasteiger partial charge on any atom is 0.000989 e. The van der Waals surface area contributed by atoms with E-state index in [0.717, 1.165) is 11.8 Å². The van der Waals surface area contributed by atoms with Crippen molar-refractivity contribution in [3.8, 4) is 0 Å². The van der Waals surface area contributed by atoms with Crippen LogP contribution in [0.3, 0.4) is 0 Å². The second-order valence-electron chi connectivity index (χ2n) is 5.45. The monoisotopic (exact) mass is 195 g/mol. The molecule has 1 saturated heterocycles. The Morgan fingerprint density at radius 3 is 2.57 bits per heavy atom. The average molecular weight is 195 g/mol. The largest absolute Gasteiger partial charge is 0.306 e. The Bertz CT molecular complexity index is 185. The minimum atomic E-state index is 0.650. The summed E-state index contributed by atoms with van der Waals surface area (Å²) in [5.41, 5.74) is 1.43. The Hall–Kier alpha value is -0.300. The molecular weight excluding hydrogens is 170 g/mol. The second kappa shape index (κ2) is 4.97. The van der Waals surface area contributed by atoms with Crippen LogP contribution in [-0.2, 0) is 0 Å². The SMILES string of the molecule is C=C(CC1CC(C)CN(C)C1)C(C)C. The van der Waals surface area contributed by atoms with E-state index in [2.05, 4.69) is 39.3 Å². The van der Waals surface area contributed by atoms with E-state index >= 15 is 0 Å². The van der Waals surface area contributed by atoms with Crippen molar-refractivity contribution < 1.29 is 0 Å². The summed E-state index contributed by atoms with van der Waals surface area (Å²) in [6.07, 6.45) is 2.61. The van der Waals surface area contributed by atoms with Gasteiger partial charge in [0.2, 0.25) is 0 Å². The van der Waals surface area contributed by atoms with Crippen molar-refractivity contribution in [1.29, 1.82) is 0 Å². The first-order chi connectivity index (χ1) is 6.49. The maximum absolute atomic E-state index is 4.18. The lowest BCUT2D eigenvalue weighted by Gasteiger charge is -2.34. The molecule has 1 fully saturated rings. The second-order valence-corrected chi connectivity index (χ2v) is 5.45. The quantitative estimate of drug-likeness (QED) is 0.625. The van der Waals surface area contributed by atoms with Gasteiger partial charge in [-0.1, -0.05) is 32.9 Å². The van der Waals surface area contributed by atoms with Gasteiger partial charge < -0.3 is 4.90 Å². The normalized spacial score (nSPS) is 29.5. The molecule has 0 amide bonds. The van der Waals surface area contributed by atoms with E-state index in [1.807, 2.05) is 0 Å². The Labute approximate surface area is 89.2 Å². The fraction of sp³-hybridized carbons (Fsp3) is 0.846. The van der Waals surface area contributed by atoms with Crippen molar-refractivity contribution in [2.24, 2.45) is 17.8 Å². The summed E-state index contributed by atoms with van der Waals surface area (Å²) in [4.78, 5) is 2.46. The molecule has 1 heterocycles. The van der Waals surface area contributed by atoms with Gasteiger partial charge in [-0.05, 0) is 37.6 Å². The number of nitrogens with zero attached hydrogens (tertiary/aromatic N) is 1. The first-order valence-electron chi connectivity index (χ1n) is 5.85. The van der Waals surface area contributed by atoms with Crippen LogP contribution in [0.5, 0.6) is 0 Å². The predicted octanol–water partition coefficient (Wildman–Crippen LogP) is 3.18. The third-order valence-electron chi connectivity index (χ3n) is 3.30. The molecule has 0 N–H and O–H groups in total. The highest BCUT2D eigenvalue weighted by Gasteiger charge is 2.23. The molecule has 1 aliphatic rings. The molecule has 2 atom stereocenters. The molecule has 1 rings (SSSR count). The third kappa shape index (κ3) is 3.45. The number of likely N-dealkylation sites (tertiary alicyclic amines) is 1. The van der Waals surface area contributed by atoms with E-state index in [-0.39, 0.29) is 0 Å². The van der Waals surface area contributed by atoms with Crippen molar-refractivity contribution in [3.63, 3.8) is 0 Å². The molecule has 0 bridgehead atoms. The van der Waals surface area contributed by atoms with Crippen LogP contribution in [0.25, 0.3) is 0 Å². The van der Waals surface area contributed by atoms with E-state index in [0.29, 0.717) is 5.92 Å². The molecule has 0 aromatic rings.